The fourth-order valence-corrected chi connectivity index (χ4v) is 1.85. The van der Waals surface area contributed by atoms with Crippen LogP contribution in [0.3, 0.4) is 0 Å². The van der Waals surface area contributed by atoms with Crippen molar-refractivity contribution in [3.05, 3.63) is 47.0 Å². The number of benzene rings is 2. The van der Waals surface area contributed by atoms with Gasteiger partial charge >= 0.3 is 0 Å². The summed E-state index contributed by atoms with van der Waals surface area (Å²) in [4.78, 5) is 0. The summed E-state index contributed by atoms with van der Waals surface area (Å²) in [6.45, 7) is 1.96. The molecule has 14 heavy (non-hydrogen) atoms. The van der Waals surface area contributed by atoms with E-state index in [4.69, 9.17) is 17.3 Å². The van der Waals surface area contributed by atoms with Gasteiger partial charge in [-0.2, -0.15) is 0 Å². The topological polar surface area (TPSA) is 26.0 Å². The Hall–Kier alpha value is -1.05. The Bertz CT molecular complexity index is 463. The standard InChI is InChI=1S/C12H12ClN/c1-8(14)10-6-9-4-2-3-5-11(9)12(13)7-10/h2-8H,14H2,1H3. The summed E-state index contributed by atoms with van der Waals surface area (Å²) in [6, 6.07) is 12.1. The lowest BCUT2D eigenvalue weighted by atomic mass is 10.0. The van der Waals surface area contributed by atoms with Gasteiger partial charge in [-0.05, 0) is 30.0 Å². The Kier molecular flexibility index (Phi) is 2.44. The molecule has 0 saturated carbocycles. The van der Waals surface area contributed by atoms with Crippen molar-refractivity contribution in [1.29, 1.82) is 0 Å². The van der Waals surface area contributed by atoms with E-state index in [1.807, 2.05) is 37.3 Å². The molecule has 1 nitrogen and oxygen atoms in total. The Morgan fingerprint density at radius 1 is 1.21 bits per heavy atom. The molecule has 2 rings (SSSR count). The summed E-state index contributed by atoms with van der Waals surface area (Å²) in [5, 5.41) is 3.00. The predicted octanol–water partition coefficient (Wildman–Crippen LogP) is 3.51. The van der Waals surface area contributed by atoms with Crippen LogP contribution in [0.5, 0.6) is 0 Å². The van der Waals surface area contributed by atoms with Gasteiger partial charge in [0.1, 0.15) is 0 Å². The average molecular weight is 206 g/mol. The van der Waals surface area contributed by atoms with Crippen LogP contribution in [0.15, 0.2) is 36.4 Å². The Balaban J connectivity index is 2.72. The summed E-state index contributed by atoms with van der Waals surface area (Å²) in [6.07, 6.45) is 0. The van der Waals surface area contributed by atoms with Gasteiger partial charge in [0.2, 0.25) is 0 Å². The van der Waals surface area contributed by atoms with Gasteiger partial charge in [0.05, 0.1) is 0 Å². The van der Waals surface area contributed by atoms with Gasteiger partial charge in [-0.3, -0.25) is 0 Å². The molecule has 0 saturated heterocycles. The monoisotopic (exact) mass is 205 g/mol. The summed E-state index contributed by atoms with van der Waals surface area (Å²) < 4.78 is 0. The smallest absolute Gasteiger partial charge is 0.0487 e. The first-order valence-electron chi connectivity index (χ1n) is 4.62. The third kappa shape index (κ3) is 1.61. The highest BCUT2D eigenvalue weighted by molar-refractivity contribution is 6.35. The van der Waals surface area contributed by atoms with E-state index in [-0.39, 0.29) is 6.04 Å². The molecule has 0 bridgehead atoms. The minimum atomic E-state index is 0.0251. The minimum absolute atomic E-state index is 0.0251. The summed E-state index contributed by atoms with van der Waals surface area (Å²) in [7, 11) is 0. The number of rotatable bonds is 1. The van der Waals surface area contributed by atoms with Crippen molar-refractivity contribution in [2.45, 2.75) is 13.0 Å². The summed E-state index contributed by atoms with van der Waals surface area (Å²) >= 11 is 6.15. The van der Waals surface area contributed by atoms with Crippen molar-refractivity contribution in [3.63, 3.8) is 0 Å². The van der Waals surface area contributed by atoms with Crippen molar-refractivity contribution in [2.75, 3.05) is 0 Å². The zero-order valence-corrected chi connectivity index (χ0v) is 8.75. The second kappa shape index (κ2) is 3.60. The Morgan fingerprint density at radius 3 is 2.64 bits per heavy atom. The van der Waals surface area contributed by atoms with E-state index in [9.17, 15) is 0 Å². The summed E-state index contributed by atoms with van der Waals surface area (Å²) in [5.74, 6) is 0. The fraction of sp³-hybridized carbons (Fsp3) is 0.167. The third-order valence-corrected chi connectivity index (χ3v) is 2.67. The van der Waals surface area contributed by atoms with Gasteiger partial charge in [0.25, 0.3) is 0 Å². The van der Waals surface area contributed by atoms with Gasteiger partial charge in [-0.1, -0.05) is 35.9 Å². The van der Waals surface area contributed by atoms with E-state index in [1.54, 1.807) is 0 Å². The van der Waals surface area contributed by atoms with Crippen LogP contribution in [-0.2, 0) is 0 Å². The molecular formula is C12H12ClN. The van der Waals surface area contributed by atoms with E-state index in [0.29, 0.717) is 0 Å². The van der Waals surface area contributed by atoms with Crippen LogP contribution in [0.1, 0.15) is 18.5 Å². The Morgan fingerprint density at radius 2 is 1.93 bits per heavy atom. The maximum atomic E-state index is 6.15. The van der Waals surface area contributed by atoms with Gasteiger partial charge in [0.15, 0.2) is 0 Å². The lowest BCUT2D eigenvalue weighted by Crippen LogP contribution is -2.04. The lowest BCUT2D eigenvalue weighted by Gasteiger charge is -2.08. The molecule has 0 aromatic heterocycles. The van der Waals surface area contributed by atoms with Gasteiger partial charge < -0.3 is 5.73 Å². The lowest BCUT2D eigenvalue weighted by molar-refractivity contribution is 0.820. The highest BCUT2D eigenvalue weighted by atomic mass is 35.5. The van der Waals surface area contributed by atoms with E-state index in [0.717, 1.165) is 21.4 Å². The molecule has 0 aliphatic rings. The molecule has 2 heteroatoms. The quantitative estimate of drug-likeness (QED) is 0.758. The average Bonchev–Trinajstić information content (AvgIpc) is 2.17. The fourth-order valence-electron chi connectivity index (χ4n) is 1.55. The SMILES string of the molecule is CC(N)c1cc(Cl)c2ccccc2c1. The van der Waals surface area contributed by atoms with Crippen molar-refractivity contribution in [3.8, 4) is 0 Å². The number of hydrogen-bond donors (Lipinski definition) is 1. The molecule has 0 radical (unpaired) electrons. The molecule has 1 unspecified atom stereocenters. The van der Waals surface area contributed by atoms with Gasteiger partial charge in [0, 0.05) is 16.5 Å². The van der Waals surface area contributed by atoms with Crippen molar-refractivity contribution >= 4 is 22.4 Å². The van der Waals surface area contributed by atoms with Crippen LogP contribution in [0.25, 0.3) is 10.8 Å². The van der Waals surface area contributed by atoms with Gasteiger partial charge in [-0.25, -0.2) is 0 Å². The molecule has 2 aromatic rings. The molecule has 0 fully saturated rings. The molecule has 0 aliphatic heterocycles. The van der Waals surface area contributed by atoms with Crippen LogP contribution >= 0.6 is 11.6 Å². The van der Waals surface area contributed by atoms with Crippen molar-refractivity contribution < 1.29 is 0 Å². The second-order valence-electron chi connectivity index (χ2n) is 3.51. The highest BCUT2D eigenvalue weighted by Crippen LogP contribution is 2.27. The molecule has 72 valence electrons. The largest absolute Gasteiger partial charge is 0.324 e. The number of fused-ring (bicyclic) bond motifs is 1. The van der Waals surface area contributed by atoms with Crippen LogP contribution in [0.2, 0.25) is 5.02 Å². The zero-order valence-electron chi connectivity index (χ0n) is 8.00. The van der Waals surface area contributed by atoms with E-state index < -0.39 is 0 Å². The highest BCUT2D eigenvalue weighted by Gasteiger charge is 2.04. The van der Waals surface area contributed by atoms with E-state index in [2.05, 4.69) is 6.07 Å². The molecule has 0 spiro atoms. The van der Waals surface area contributed by atoms with Crippen LogP contribution in [0, 0.1) is 0 Å². The normalized spacial score (nSPS) is 13.1. The first-order chi connectivity index (χ1) is 6.68. The van der Waals surface area contributed by atoms with Crippen molar-refractivity contribution in [1.82, 2.24) is 0 Å². The third-order valence-electron chi connectivity index (χ3n) is 2.36. The molecule has 0 amide bonds. The molecule has 0 aliphatic carbocycles. The predicted molar refractivity (Wildman–Crippen MR) is 61.6 cm³/mol. The zero-order chi connectivity index (χ0) is 10.1. The number of nitrogens with two attached hydrogens (primary N) is 1. The van der Waals surface area contributed by atoms with Gasteiger partial charge in [-0.15, -0.1) is 0 Å². The van der Waals surface area contributed by atoms with Crippen LogP contribution in [0.4, 0.5) is 0 Å². The Labute approximate surface area is 88.5 Å². The maximum Gasteiger partial charge on any atom is 0.0487 e. The molecule has 2 aromatic carbocycles. The van der Waals surface area contributed by atoms with E-state index in [1.165, 1.54) is 0 Å². The van der Waals surface area contributed by atoms with Crippen LogP contribution in [-0.4, -0.2) is 0 Å². The summed E-state index contributed by atoms with van der Waals surface area (Å²) in [5.41, 5.74) is 6.89. The molecular weight excluding hydrogens is 194 g/mol. The molecule has 2 N–H and O–H groups in total. The first-order valence-corrected chi connectivity index (χ1v) is 5.00. The maximum absolute atomic E-state index is 6.15. The number of halogens is 1. The minimum Gasteiger partial charge on any atom is -0.324 e. The number of hydrogen-bond acceptors (Lipinski definition) is 1. The first kappa shape index (κ1) is 9.50. The molecule has 1 atom stereocenters. The molecule has 0 heterocycles. The van der Waals surface area contributed by atoms with Crippen molar-refractivity contribution in [2.24, 2.45) is 5.73 Å². The second-order valence-corrected chi connectivity index (χ2v) is 3.92. The van der Waals surface area contributed by atoms with E-state index >= 15 is 0 Å². The van der Waals surface area contributed by atoms with Crippen LogP contribution < -0.4 is 5.73 Å².